The molecule has 116 valence electrons. The van der Waals surface area contributed by atoms with Gasteiger partial charge in [0.2, 0.25) is 5.91 Å². The second-order valence-corrected chi connectivity index (χ2v) is 6.66. The fraction of sp³-hybridized carbons (Fsp3) is 0.235. The van der Waals surface area contributed by atoms with Crippen molar-refractivity contribution in [2.24, 2.45) is 0 Å². The third kappa shape index (κ3) is 2.66. The van der Waals surface area contributed by atoms with E-state index in [0.29, 0.717) is 13.0 Å². The maximum absolute atomic E-state index is 11.7. The quantitative estimate of drug-likeness (QED) is 0.804. The number of hydrogen-bond donors (Lipinski definition) is 1. The molecule has 1 aliphatic rings. The van der Waals surface area contributed by atoms with Gasteiger partial charge in [-0.3, -0.25) is 4.79 Å². The Hall–Kier alpha value is -2.47. The van der Waals surface area contributed by atoms with Crippen LogP contribution < -0.4 is 5.32 Å². The van der Waals surface area contributed by atoms with Crippen molar-refractivity contribution in [3.63, 3.8) is 0 Å². The Morgan fingerprint density at radius 1 is 1.22 bits per heavy atom. The van der Waals surface area contributed by atoms with E-state index in [0.717, 1.165) is 27.4 Å². The van der Waals surface area contributed by atoms with E-state index in [9.17, 15) is 4.79 Å². The van der Waals surface area contributed by atoms with Crippen LogP contribution in [0, 0.1) is 0 Å². The normalized spacial score (nSPS) is 17.9. The maximum Gasteiger partial charge on any atom is 0.224 e. The summed E-state index contributed by atoms with van der Waals surface area (Å²) in [7, 11) is 1.83. The van der Waals surface area contributed by atoms with Gasteiger partial charge in [-0.15, -0.1) is 11.3 Å². The van der Waals surface area contributed by atoms with Crippen LogP contribution in [-0.2, 0) is 4.79 Å². The molecule has 0 unspecified atom stereocenters. The van der Waals surface area contributed by atoms with E-state index in [1.54, 1.807) is 16.2 Å². The number of benzene rings is 1. The number of aromatic nitrogens is 2. The molecular weight excluding hydrogens is 308 g/mol. The predicted molar refractivity (Wildman–Crippen MR) is 92.5 cm³/mol. The van der Waals surface area contributed by atoms with Crippen LogP contribution in [0.3, 0.4) is 0 Å². The average molecular weight is 324 g/mol. The number of hydrogen-bond acceptors (Lipinski definition) is 5. The molecule has 1 saturated heterocycles. The van der Waals surface area contributed by atoms with Gasteiger partial charge in [0, 0.05) is 25.4 Å². The van der Waals surface area contributed by atoms with Crippen molar-refractivity contribution in [3.05, 3.63) is 41.8 Å². The summed E-state index contributed by atoms with van der Waals surface area (Å²) in [5, 5.41) is 6.44. The van der Waals surface area contributed by atoms with Crippen LogP contribution in [0.5, 0.6) is 0 Å². The number of carbonyl (C=O) groups excluding carboxylic acids is 1. The standard InChI is InChI=1S/C17H16N4OS/c1-21-10-11(9-15(21)22)18-16-12-5-2-3-6-13(12)19-17(20-16)14-7-4-8-23-14/h2-8,11H,9-10H2,1H3,(H,18,19,20)/t11-/m1/s1. The Kier molecular flexibility index (Phi) is 3.46. The Morgan fingerprint density at radius 2 is 2.09 bits per heavy atom. The van der Waals surface area contributed by atoms with Crippen molar-refractivity contribution in [2.45, 2.75) is 12.5 Å². The van der Waals surface area contributed by atoms with Gasteiger partial charge in [0.15, 0.2) is 5.82 Å². The van der Waals surface area contributed by atoms with Gasteiger partial charge in [-0.25, -0.2) is 9.97 Å². The van der Waals surface area contributed by atoms with Gasteiger partial charge in [-0.1, -0.05) is 18.2 Å². The molecule has 3 heterocycles. The van der Waals surface area contributed by atoms with E-state index in [2.05, 4.69) is 10.3 Å². The molecule has 0 radical (unpaired) electrons. The Labute approximate surface area is 138 Å². The zero-order valence-electron chi connectivity index (χ0n) is 12.7. The highest BCUT2D eigenvalue weighted by Crippen LogP contribution is 2.28. The molecule has 3 aromatic rings. The molecule has 1 fully saturated rings. The lowest BCUT2D eigenvalue weighted by molar-refractivity contribution is -0.126. The van der Waals surface area contributed by atoms with Crippen LogP contribution in [0.1, 0.15) is 6.42 Å². The highest BCUT2D eigenvalue weighted by Gasteiger charge is 2.27. The van der Waals surface area contributed by atoms with Crippen LogP contribution in [-0.4, -0.2) is 40.4 Å². The predicted octanol–water partition coefficient (Wildman–Crippen LogP) is 3.00. The number of likely N-dealkylation sites (N-methyl/N-ethyl adjacent to an activating group) is 1. The van der Waals surface area contributed by atoms with E-state index in [1.807, 2.05) is 48.8 Å². The van der Waals surface area contributed by atoms with E-state index in [-0.39, 0.29) is 11.9 Å². The molecule has 1 amide bonds. The first kappa shape index (κ1) is 14.1. The zero-order valence-corrected chi connectivity index (χ0v) is 13.5. The van der Waals surface area contributed by atoms with Crippen LogP contribution in [0.2, 0.25) is 0 Å². The number of fused-ring (bicyclic) bond motifs is 1. The van der Waals surface area contributed by atoms with E-state index in [4.69, 9.17) is 4.98 Å². The molecule has 1 N–H and O–H groups in total. The summed E-state index contributed by atoms with van der Waals surface area (Å²) in [5.74, 6) is 1.69. The van der Waals surface area contributed by atoms with Crippen LogP contribution in [0.25, 0.3) is 21.6 Å². The summed E-state index contributed by atoms with van der Waals surface area (Å²) in [6, 6.07) is 12.1. The molecule has 0 saturated carbocycles. The number of para-hydroxylation sites is 1. The number of nitrogens with one attached hydrogen (secondary N) is 1. The monoisotopic (exact) mass is 324 g/mol. The number of carbonyl (C=O) groups is 1. The SMILES string of the molecule is CN1C[C@H](Nc2nc(-c3cccs3)nc3ccccc23)CC1=O. The highest BCUT2D eigenvalue weighted by molar-refractivity contribution is 7.13. The zero-order chi connectivity index (χ0) is 15.8. The Balaban J connectivity index is 1.76. The lowest BCUT2D eigenvalue weighted by atomic mass is 10.2. The van der Waals surface area contributed by atoms with Crippen molar-refractivity contribution in [3.8, 4) is 10.7 Å². The molecule has 1 aliphatic heterocycles. The van der Waals surface area contributed by atoms with Crippen LogP contribution >= 0.6 is 11.3 Å². The molecule has 23 heavy (non-hydrogen) atoms. The Bertz CT molecular complexity index is 862. The molecule has 4 rings (SSSR count). The Morgan fingerprint density at radius 3 is 2.83 bits per heavy atom. The number of anilines is 1. The minimum Gasteiger partial charge on any atom is -0.364 e. The van der Waals surface area contributed by atoms with E-state index in [1.165, 1.54) is 0 Å². The topological polar surface area (TPSA) is 58.1 Å². The fourth-order valence-electron chi connectivity index (χ4n) is 2.86. The number of amides is 1. The van der Waals surface area contributed by atoms with Gasteiger partial charge in [0.1, 0.15) is 5.82 Å². The minimum atomic E-state index is 0.0852. The molecular formula is C17H16N4OS. The molecule has 1 atom stereocenters. The maximum atomic E-state index is 11.7. The highest BCUT2D eigenvalue weighted by atomic mass is 32.1. The summed E-state index contributed by atoms with van der Waals surface area (Å²) in [5.41, 5.74) is 0.908. The summed E-state index contributed by atoms with van der Waals surface area (Å²) in [6.45, 7) is 0.700. The molecule has 0 bridgehead atoms. The average Bonchev–Trinajstić information content (AvgIpc) is 3.18. The number of thiophene rings is 1. The van der Waals surface area contributed by atoms with Crippen molar-refractivity contribution < 1.29 is 4.79 Å². The first-order valence-corrected chi connectivity index (χ1v) is 8.40. The molecule has 6 heteroatoms. The van der Waals surface area contributed by atoms with Gasteiger partial charge in [-0.2, -0.15) is 0 Å². The molecule has 0 aliphatic carbocycles. The molecule has 2 aromatic heterocycles. The first-order valence-electron chi connectivity index (χ1n) is 7.52. The summed E-state index contributed by atoms with van der Waals surface area (Å²) in [6.07, 6.45) is 0.503. The molecule has 0 spiro atoms. The lowest BCUT2D eigenvalue weighted by Gasteiger charge is -2.15. The van der Waals surface area contributed by atoms with Gasteiger partial charge < -0.3 is 10.2 Å². The third-order valence-electron chi connectivity index (χ3n) is 4.03. The van der Waals surface area contributed by atoms with Gasteiger partial charge in [0.25, 0.3) is 0 Å². The summed E-state index contributed by atoms with van der Waals surface area (Å²) >= 11 is 1.62. The van der Waals surface area contributed by atoms with E-state index >= 15 is 0 Å². The van der Waals surface area contributed by atoms with Crippen molar-refractivity contribution in [1.29, 1.82) is 0 Å². The van der Waals surface area contributed by atoms with Gasteiger partial charge >= 0.3 is 0 Å². The first-order chi connectivity index (χ1) is 11.2. The largest absolute Gasteiger partial charge is 0.364 e. The van der Waals surface area contributed by atoms with Crippen molar-refractivity contribution in [1.82, 2.24) is 14.9 Å². The van der Waals surface area contributed by atoms with Gasteiger partial charge in [-0.05, 0) is 23.6 Å². The second-order valence-electron chi connectivity index (χ2n) is 5.71. The fourth-order valence-corrected chi connectivity index (χ4v) is 3.51. The van der Waals surface area contributed by atoms with Crippen molar-refractivity contribution in [2.75, 3.05) is 18.9 Å². The third-order valence-corrected chi connectivity index (χ3v) is 4.89. The summed E-state index contributed by atoms with van der Waals surface area (Å²) < 4.78 is 0. The summed E-state index contributed by atoms with van der Waals surface area (Å²) in [4.78, 5) is 23.9. The number of likely N-dealkylation sites (tertiary alicyclic amines) is 1. The lowest BCUT2D eigenvalue weighted by Crippen LogP contribution is -2.24. The minimum absolute atomic E-state index is 0.0852. The van der Waals surface area contributed by atoms with Crippen molar-refractivity contribution >= 4 is 34.0 Å². The molecule has 5 nitrogen and oxygen atoms in total. The van der Waals surface area contributed by atoms with E-state index < -0.39 is 0 Å². The van der Waals surface area contributed by atoms with Gasteiger partial charge in [0.05, 0.1) is 16.4 Å². The number of rotatable bonds is 3. The number of nitrogens with zero attached hydrogens (tertiary/aromatic N) is 3. The van der Waals surface area contributed by atoms with Crippen LogP contribution in [0.4, 0.5) is 5.82 Å². The molecule has 1 aromatic carbocycles. The smallest absolute Gasteiger partial charge is 0.224 e. The van der Waals surface area contributed by atoms with Crippen LogP contribution in [0.15, 0.2) is 41.8 Å². The second kappa shape index (κ2) is 5.62.